The summed E-state index contributed by atoms with van der Waals surface area (Å²) in [5.74, 6) is 2.11. The van der Waals surface area contributed by atoms with Crippen LogP contribution in [0.1, 0.15) is 37.3 Å². The molecule has 2 aromatic rings. The molecule has 0 radical (unpaired) electrons. The molecule has 31 heavy (non-hydrogen) atoms. The monoisotopic (exact) mass is 414 g/mol. The lowest BCUT2D eigenvalue weighted by Gasteiger charge is -2.35. The molecule has 0 fully saturated rings. The van der Waals surface area contributed by atoms with Crippen molar-refractivity contribution in [2.75, 3.05) is 23.9 Å². The summed E-state index contributed by atoms with van der Waals surface area (Å²) in [6.45, 7) is 8.86. The fraction of sp³-hybridized carbons (Fsp3) is 0.308. The second-order valence-electron chi connectivity index (χ2n) is 8.10. The second kappa shape index (κ2) is 9.21. The van der Waals surface area contributed by atoms with E-state index < -0.39 is 0 Å². The van der Waals surface area contributed by atoms with Gasteiger partial charge in [0.25, 0.3) is 0 Å². The van der Waals surface area contributed by atoms with E-state index in [2.05, 4.69) is 66.1 Å². The normalized spacial score (nSPS) is 17.8. The van der Waals surface area contributed by atoms with Crippen LogP contribution in [0.2, 0.25) is 0 Å². The second-order valence-corrected chi connectivity index (χ2v) is 8.10. The zero-order valence-electron chi connectivity index (χ0n) is 18.6. The van der Waals surface area contributed by atoms with Crippen molar-refractivity contribution in [3.8, 4) is 5.75 Å². The number of nitrogens with zero attached hydrogens (tertiary/aromatic N) is 3. The summed E-state index contributed by atoms with van der Waals surface area (Å²) >= 11 is 0. The van der Waals surface area contributed by atoms with Gasteiger partial charge in [-0.3, -0.25) is 0 Å². The Kier molecular flexibility index (Phi) is 6.21. The molecule has 0 spiro atoms. The van der Waals surface area contributed by atoms with Crippen LogP contribution in [0.25, 0.3) is 5.57 Å². The number of hydrogen-bond acceptors (Lipinski definition) is 5. The van der Waals surface area contributed by atoms with Crippen molar-refractivity contribution in [1.29, 1.82) is 0 Å². The number of nitrogens with one attached hydrogen (secondary N) is 1. The molecule has 2 aliphatic rings. The molecule has 5 heteroatoms. The fourth-order valence-corrected chi connectivity index (χ4v) is 4.06. The molecule has 2 heterocycles. The zero-order chi connectivity index (χ0) is 21.8. The molecule has 1 aliphatic carbocycles. The first-order chi connectivity index (χ1) is 15.0. The molecule has 4 rings (SSSR count). The number of aromatic nitrogens is 2. The van der Waals surface area contributed by atoms with E-state index in [0.29, 0.717) is 12.6 Å². The Bertz CT molecular complexity index is 1070. The fourth-order valence-electron chi connectivity index (χ4n) is 4.06. The number of likely N-dealkylation sites (N-methyl/N-ethyl adjacent to an activating group) is 1. The van der Waals surface area contributed by atoms with Crippen LogP contribution in [0.5, 0.6) is 5.75 Å². The van der Waals surface area contributed by atoms with E-state index >= 15 is 0 Å². The third-order valence-corrected chi connectivity index (χ3v) is 5.79. The summed E-state index contributed by atoms with van der Waals surface area (Å²) in [7, 11) is 2.09. The first kappa shape index (κ1) is 20.9. The minimum Gasteiger partial charge on any atom is -0.486 e. The number of anilines is 3. The number of benzene rings is 1. The van der Waals surface area contributed by atoms with Crippen LogP contribution in [0.15, 0.2) is 66.9 Å². The molecule has 0 amide bonds. The van der Waals surface area contributed by atoms with Gasteiger partial charge in [-0.2, -0.15) is 4.98 Å². The van der Waals surface area contributed by atoms with E-state index in [1.165, 1.54) is 5.57 Å². The summed E-state index contributed by atoms with van der Waals surface area (Å²) in [4.78, 5) is 11.4. The SMILES string of the molecule is C=C(/C=C\C)c1ccc(Nc2ncc3c(n2)N(C)C(CC2=CCCC=C2)CO3)cc1C. The van der Waals surface area contributed by atoms with E-state index in [0.717, 1.165) is 53.2 Å². The quantitative estimate of drug-likeness (QED) is 0.589. The highest BCUT2D eigenvalue weighted by Crippen LogP contribution is 2.34. The van der Waals surface area contributed by atoms with Gasteiger partial charge >= 0.3 is 0 Å². The van der Waals surface area contributed by atoms with E-state index in [4.69, 9.17) is 9.72 Å². The van der Waals surface area contributed by atoms with Crippen molar-refractivity contribution in [2.45, 2.75) is 39.2 Å². The van der Waals surface area contributed by atoms with Crippen LogP contribution >= 0.6 is 0 Å². The Hall–Kier alpha value is -3.34. The molecule has 1 unspecified atom stereocenters. The Balaban J connectivity index is 1.51. The minimum absolute atomic E-state index is 0.253. The maximum atomic E-state index is 5.98. The van der Waals surface area contributed by atoms with Gasteiger partial charge < -0.3 is 15.0 Å². The third kappa shape index (κ3) is 4.71. The van der Waals surface area contributed by atoms with Crippen molar-refractivity contribution >= 4 is 23.0 Å². The van der Waals surface area contributed by atoms with Crippen LogP contribution < -0.4 is 15.0 Å². The molecule has 1 aromatic carbocycles. The largest absolute Gasteiger partial charge is 0.486 e. The molecule has 0 saturated carbocycles. The van der Waals surface area contributed by atoms with E-state index in [1.807, 2.05) is 25.1 Å². The van der Waals surface area contributed by atoms with Gasteiger partial charge in [-0.05, 0) is 61.9 Å². The van der Waals surface area contributed by atoms with Gasteiger partial charge in [0.15, 0.2) is 11.6 Å². The Morgan fingerprint density at radius 1 is 1.35 bits per heavy atom. The number of ether oxygens (including phenoxy) is 1. The Labute approximate surface area is 184 Å². The van der Waals surface area contributed by atoms with Crippen molar-refractivity contribution in [1.82, 2.24) is 9.97 Å². The maximum Gasteiger partial charge on any atom is 0.229 e. The van der Waals surface area contributed by atoms with Gasteiger partial charge in [0.05, 0.1) is 12.2 Å². The zero-order valence-corrected chi connectivity index (χ0v) is 18.6. The lowest BCUT2D eigenvalue weighted by Crippen LogP contribution is -2.41. The van der Waals surface area contributed by atoms with Crippen molar-refractivity contribution < 1.29 is 4.74 Å². The average molecular weight is 415 g/mol. The van der Waals surface area contributed by atoms with E-state index in [-0.39, 0.29) is 6.04 Å². The lowest BCUT2D eigenvalue weighted by atomic mass is 9.99. The average Bonchev–Trinajstić information content (AvgIpc) is 2.77. The predicted octanol–water partition coefficient (Wildman–Crippen LogP) is 5.98. The molecular weight excluding hydrogens is 384 g/mol. The smallest absolute Gasteiger partial charge is 0.229 e. The van der Waals surface area contributed by atoms with Gasteiger partial charge in [-0.25, -0.2) is 4.98 Å². The summed E-state index contributed by atoms with van der Waals surface area (Å²) in [5.41, 5.74) is 5.61. The van der Waals surface area contributed by atoms with Crippen LogP contribution in [0.4, 0.5) is 17.5 Å². The van der Waals surface area contributed by atoms with Gasteiger partial charge in [0.1, 0.15) is 6.61 Å². The molecule has 1 N–H and O–H groups in total. The van der Waals surface area contributed by atoms with Crippen LogP contribution in [0.3, 0.4) is 0 Å². The molecule has 1 aliphatic heterocycles. The van der Waals surface area contributed by atoms with Crippen LogP contribution in [-0.4, -0.2) is 29.7 Å². The number of aryl methyl sites for hydroxylation is 1. The maximum absolute atomic E-state index is 5.98. The van der Waals surface area contributed by atoms with Crippen molar-refractivity contribution in [2.24, 2.45) is 0 Å². The molecule has 0 saturated heterocycles. The minimum atomic E-state index is 0.253. The van der Waals surface area contributed by atoms with Gasteiger partial charge in [-0.15, -0.1) is 0 Å². The summed E-state index contributed by atoms with van der Waals surface area (Å²) in [5, 5.41) is 3.34. The predicted molar refractivity (Wildman–Crippen MR) is 129 cm³/mol. The number of hydrogen-bond donors (Lipinski definition) is 1. The summed E-state index contributed by atoms with van der Waals surface area (Å²) < 4.78 is 5.98. The number of rotatable bonds is 6. The van der Waals surface area contributed by atoms with E-state index in [9.17, 15) is 0 Å². The highest BCUT2D eigenvalue weighted by atomic mass is 16.5. The Morgan fingerprint density at radius 2 is 2.23 bits per heavy atom. The third-order valence-electron chi connectivity index (χ3n) is 5.79. The van der Waals surface area contributed by atoms with Crippen molar-refractivity contribution in [3.05, 3.63) is 78.1 Å². The molecule has 5 nitrogen and oxygen atoms in total. The number of allylic oxidation sites excluding steroid dienone is 6. The highest BCUT2D eigenvalue weighted by Gasteiger charge is 2.27. The van der Waals surface area contributed by atoms with Gasteiger partial charge in [-0.1, -0.05) is 48.6 Å². The topological polar surface area (TPSA) is 50.3 Å². The number of fused-ring (bicyclic) bond motifs is 1. The van der Waals surface area contributed by atoms with Gasteiger partial charge in [0, 0.05) is 12.7 Å². The summed E-state index contributed by atoms with van der Waals surface area (Å²) in [6, 6.07) is 6.46. The van der Waals surface area contributed by atoms with Crippen LogP contribution in [0, 0.1) is 6.92 Å². The van der Waals surface area contributed by atoms with Crippen LogP contribution in [-0.2, 0) is 0 Å². The van der Waals surface area contributed by atoms with Crippen molar-refractivity contribution in [3.63, 3.8) is 0 Å². The lowest BCUT2D eigenvalue weighted by molar-refractivity contribution is 0.262. The van der Waals surface area contributed by atoms with E-state index in [1.54, 1.807) is 6.20 Å². The highest BCUT2D eigenvalue weighted by molar-refractivity contribution is 5.76. The molecule has 1 atom stereocenters. The molecule has 160 valence electrons. The molecular formula is C26H30N4O. The summed E-state index contributed by atoms with van der Waals surface area (Å²) in [6.07, 6.45) is 15.8. The standard InChI is InChI=1S/C26H30N4O/c1-5-9-18(2)23-13-12-21(14-19(23)3)28-26-27-16-24-25(29-26)30(4)22(17-31-24)15-20-10-7-6-8-11-20/h5,7,9-14,16,22H,2,6,8,15,17H2,1,3-4H3,(H,27,28,29)/b9-5-. The molecule has 0 bridgehead atoms. The first-order valence-corrected chi connectivity index (χ1v) is 10.8. The molecule has 1 aromatic heterocycles. The first-order valence-electron chi connectivity index (χ1n) is 10.8. The van der Waals surface area contributed by atoms with Gasteiger partial charge in [0.2, 0.25) is 5.95 Å². The Morgan fingerprint density at radius 3 is 2.97 bits per heavy atom.